The minimum Gasteiger partial charge on any atom is -0.340 e. The average Bonchev–Trinajstić information content (AvgIpc) is 2.93. The molecule has 0 radical (unpaired) electrons. The number of likely N-dealkylation sites (tertiary alicyclic amines) is 1. The van der Waals surface area contributed by atoms with Crippen molar-refractivity contribution in [1.82, 2.24) is 10.2 Å². The van der Waals surface area contributed by atoms with Crippen LogP contribution in [-0.2, 0) is 4.79 Å². The van der Waals surface area contributed by atoms with Gasteiger partial charge in [-0.25, -0.2) is 0 Å². The highest BCUT2D eigenvalue weighted by Crippen LogP contribution is 2.24. The Morgan fingerprint density at radius 1 is 1.38 bits per heavy atom. The number of halogens is 1. The molecule has 1 aromatic rings. The van der Waals surface area contributed by atoms with Crippen LogP contribution >= 0.6 is 11.6 Å². The maximum absolute atomic E-state index is 12.9. The van der Waals surface area contributed by atoms with E-state index in [-0.39, 0.29) is 23.8 Å². The van der Waals surface area contributed by atoms with E-state index >= 15 is 0 Å². The van der Waals surface area contributed by atoms with Gasteiger partial charge in [0.2, 0.25) is 5.91 Å². The normalized spacial score (nSPS) is 21.8. The maximum atomic E-state index is 12.9. The number of benzene rings is 1. The summed E-state index contributed by atoms with van der Waals surface area (Å²) in [6.07, 6.45) is 0.908. The van der Waals surface area contributed by atoms with Crippen molar-refractivity contribution in [2.24, 2.45) is 17.6 Å². The lowest BCUT2D eigenvalue weighted by Crippen LogP contribution is -2.52. The van der Waals surface area contributed by atoms with Crippen LogP contribution in [0.15, 0.2) is 24.3 Å². The molecule has 132 valence electrons. The Labute approximate surface area is 148 Å². The van der Waals surface area contributed by atoms with E-state index < -0.39 is 6.04 Å². The summed E-state index contributed by atoms with van der Waals surface area (Å²) in [6.45, 7) is 7.11. The second-order valence-corrected chi connectivity index (χ2v) is 7.26. The van der Waals surface area contributed by atoms with E-state index in [0.29, 0.717) is 29.6 Å². The van der Waals surface area contributed by atoms with Crippen molar-refractivity contribution in [3.8, 4) is 0 Å². The molecule has 1 heterocycles. The first-order valence-electron chi connectivity index (χ1n) is 8.41. The summed E-state index contributed by atoms with van der Waals surface area (Å²) in [6, 6.07) is 6.40. The number of rotatable bonds is 5. The Bertz CT molecular complexity index is 606. The van der Waals surface area contributed by atoms with Crippen LogP contribution < -0.4 is 11.1 Å². The molecule has 1 aliphatic rings. The smallest absolute Gasteiger partial charge is 0.253 e. The summed E-state index contributed by atoms with van der Waals surface area (Å²) < 4.78 is 0. The Balaban J connectivity index is 2.13. The first-order chi connectivity index (χ1) is 11.3. The molecule has 3 atom stereocenters. The molecular formula is C18H26ClN3O2. The molecule has 0 bridgehead atoms. The monoisotopic (exact) mass is 351 g/mol. The highest BCUT2D eigenvalue weighted by molar-refractivity contribution is 6.33. The molecule has 24 heavy (non-hydrogen) atoms. The van der Waals surface area contributed by atoms with Gasteiger partial charge in [-0.1, -0.05) is 37.6 Å². The van der Waals surface area contributed by atoms with Crippen LogP contribution in [0, 0.1) is 11.8 Å². The summed E-state index contributed by atoms with van der Waals surface area (Å²) in [5, 5.41) is 3.24. The van der Waals surface area contributed by atoms with Crippen LogP contribution in [0.1, 0.15) is 37.6 Å². The molecule has 0 saturated carbocycles. The fourth-order valence-corrected chi connectivity index (χ4v) is 3.40. The van der Waals surface area contributed by atoms with Crippen molar-refractivity contribution in [3.63, 3.8) is 0 Å². The molecule has 3 unspecified atom stereocenters. The molecule has 0 aliphatic carbocycles. The second-order valence-electron chi connectivity index (χ2n) is 6.85. The Hall–Kier alpha value is -1.59. The topological polar surface area (TPSA) is 75.4 Å². The SMILES string of the molecule is CC(C)C(NC(=O)c1ccccc1Cl)C(=O)N1CC(CN)CC1C. The van der Waals surface area contributed by atoms with Gasteiger partial charge < -0.3 is 16.0 Å². The third kappa shape index (κ3) is 4.08. The fourth-order valence-electron chi connectivity index (χ4n) is 3.18. The molecule has 0 spiro atoms. The second kappa shape index (κ2) is 7.99. The summed E-state index contributed by atoms with van der Waals surface area (Å²) in [4.78, 5) is 27.3. The highest BCUT2D eigenvalue weighted by atomic mass is 35.5. The minimum absolute atomic E-state index is 0.0203. The van der Waals surface area contributed by atoms with Gasteiger partial charge in [0, 0.05) is 12.6 Å². The largest absolute Gasteiger partial charge is 0.340 e. The van der Waals surface area contributed by atoms with Crippen molar-refractivity contribution in [2.75, 3.05) is 13.1 Å². The summed E-state index contributed by atoms with van der Waals surface area (Å²) in [7, 11) is 0. The third-order valence-electron chi connectivity index (χ3n) is 4.62. The van der Waals surface area contributed by atoms with E-state index in [9.17, 15) is 9.59 Å². The van der Waals surface area contributed by atoms with Crippen LogP contribution in [0.25, 0.3) is 0 Å². The van der Waals surface area contributed by atoms with Crippen molar-refractivity contribution < 1.29 is 9.59 Å². The van der Waals surface area contributed by atoms with Crippen molar-refractivity contribution in [1.29, 1.82) is 0 Å². The number of nitrogens with two attached hydrogens (primary N) is 1. The fraction of sp³-hybridized carbons (Fsp3) is 0.556. The van der Waals surface area contributed by atoms with E-state index in [4.69, 9.17) is 17.3 Å². The Morgan fingerprint density at radius 3 is 2.58 bits per heavy atom. The van der Waals surface area contributed by atoms with Gasteiger partial charge in [-0.05, 0) is 43.9 Å². The van der Waals surface area contributed by atoms with Crippen LogP contribution in [0.5, 0.6) is 0 Å². The third-order valence-corrected chi connectivity index (χ3v) is 4.95. The van der Waals surface area contributed by atoms with Gasteiger partial charge in [0.15, 0.2) is 0 Å². The number of hydrogen-bond acceptors (Lipinski definition) is 3. The molecule has 1 aromatic carbocycles. The van der Waals surface area contributed by atoms with E-state index in [1.807, 2.05) is 25.7 Å². The predicted octanol–water partition coefficient (Wildman–Crippen LogP) is 2.29. The number of nitrogens with one attached hydrogen (secondary N) is 1. The van der Waals surface area contributed by atoms with Crippen molar-refractivity contribution in [3.05, 3.63) is 34.9 Å². The zero-order valence-corrected chi connectivity index (χ0v) is 15.2. The Morgan fingerprint density at radius 2 is 2.04 bits per heavy atom. The molecule has 6 heteroatoms. The molecule has 5 nitrogen and oxygen atoms in total. The first-order valence-corrected chi connectivity index (χ1v) is 8.78. The standard InChI is InChI=1S/C18H26ClN3O2/c1-11(2)16(18(24)22-10-13(9-20)8-12(22)3)21-17(23)14-6-4-5-7-15(14)19/h4-7,11-13,16H,8-10,20H2,1-3H3,(H,21,23). The van der Waals surface area contributed by atoms with Crippen LogP contribution in [0.2, 0.25) is 5.02 Å². The van der Waals surface area contributed by atoms with Crippen molar-refractivity contribution in [2.45, 2.75) is 39.3 Å². The summed E-state index contributed by atoms with van der Waals surface area (Å²) >= 11 is 6.08. The van der Waals surface area contributed by atoms with Crippen LogP contribution in [0.4, 0.5) is 0 Å². The average molecular weight is 352 g/mol. The van der Waals surface area contributed by atoms with Gasteiger partial charge in [0.25, 0.3) is 5.91 Å². The van der Waals surface area contributed by atoms with Gasteiger partial charge in [-0.2, -0.15) is 0 Å². The number of nitrogens with zero attached hydrogens (tertiary/aromatic N) is 1. The summed E-state index contributed by atoms with van der Waals surface area (Å²) in [5.74, 6) is -0.0622. The lowest BCUT2D eigenvalue weighted by molar-refractivity contribution is -0.135. The lowest BCUT2D eigenvalue weighted by atomic mass is 10.0. The van der Waals surface area contributed by atoms with Crippen molar-refractivity contribution >= 4 is 23.4 Å². The molecule has 2 amide bonds. The van der Waals surface area contributed by atoms with E-state index in [0.717, 1.165) is 6.42 Å². The molecule has 3 N–H and O–H groups in total. The molecule has 2 rings (SSSR count). The number of amides is 2. The van der Waals surface area contributed by atoms with Gasteiger partial charge in [0.1, 0.15) is 6.04 Å². The molecular weight excluding hydrogens is 326 g/mol. The zero-order valence-electron chi connectivity index (χ0n) is 14.5. The van der Waals surface area contributed by atoms with E-state index in [2.05, 4.69) is 5.32 Å². The number of hydrogen-bond donors (Lipinski definition) is 2. The quantitative estimate of drug-likeness (QED) is 0.854. The van der Waals surface area contributed by atoms with Gasteiger partial charge in [0.05, 0.1) is 10.6 Å². The Kier molecular flexibility index (Phi) is 6.24. The predicted molar refractivity (Wildman–Crippen MR) is 95.9 cm³/mol. The molecule has 1 aliphatic heterocycles. The molecule has 1 saturated heterocycles. The maximum Gasteiger partial charge on any atom is 0.253 e. The van der Waals surface area contributed by atoms with Gasteiger partial charge >= 0.3 is 0 Å². The highest BCUT2D eigenvalue weighted by Gasteiger charge is 2.37. The molecule has 0 aromatic heterocycles. The van der Waals surface area contributed by atoms with Crippen LogP contribution in [0.3, 0.4) is 0 Å². The number of carbonyl (C=O) groups excluding carboxylic acids is 2. The van der Waals surface area contributed by atoms with E-state index in [1.54, 1.807) is 24.3 Å². The minimum atomic E-state index is -0.576. The molecule has 1 fully saturated rings. The summed E-state index contributed by atoms with van der Waals surface area (Å²) in [5.41, 5.74) is 6.13. The zero-order chi connectivity index (χ0) is 17.9. The number of carbonyl (C=O) groups is 2. The first kappa shape index (κ1) is 18.7. The van der Waals surface area contributed by atoms with Crippen LogP contribution in [-0.4, -0.2) is 41.9 Å². The van der Waals surface area contributed by atoms with Gasteiger partial charge in [-0.3, -0.25) is 9.59 Å². The van der Waals surface area contributed by atoms with Gasteiger partial charge in [-0.15, -0.1) is 0 Å². The van der Waals surface area contributed by atoms with E-state index in [1.165, 1.54) is 0 Å². The lowest BCUT2D eigenvalue weighted by Gasteiger charge is -2.29.